The zero-order chi connectivity index (χ0) is 10.7. The number of hydrogen-bond donors (Lipinski definition) is 1. The zero-order valence-corrected chi connectivity index (χ0v) is 8.53. The van der Waals surface area contributed by atoms with Gasteiger partial charge in [-0.3, -0.25) is 0 Å². The fourth-order valence-corrected chi connectivity index (χ4v) is 1.92. The molecule has 0 atom stereocenters. The molecule has 2 aromatic rings. The lowest BCUT2D eigenvalue weighted by atomic mass is 10.1. The molecule has 0 aliphatic carbocycles. The Labute approximate surface area is 90.9 Å². The number of carbonyl (C=O) groups is 1. The van der Waals surface area contributed by atoms with Gasteiger partial charge in [0.15, 0.2) is 0 Å². The molecule has 0 spiro atoms. The van der Waals surface area contributed by atoms with Gasteiger partial charge in [-0.05, 0) is 16.8 Å². The molecule has 15 heavy (non-hydrogen) atoms. The van der Waals surface area contributed by atoms with Crippen LogP contribution in [0.1, 0.15) is 0 Å². The summed E-state index contributed by atoms with van der Waals surface area (Å²) in [5, 5.41) is 10.5. The minimum atomic E-state index is -1.28. The molecule has 0 aromatic heterocycles. The molecule has 0 saturated carbocycles. The van der Waals surface area contributed by atoms with Gasteiger partial charge in [-0.2, -0.15) is 0 Å². The predicted octanol–water partition coefficient (Wildman–Crippen LogP) is 3.54. The molecule has 2 rings (SSSR count). The van der Waals surface area contributed by atoms with Gasteiger partial charge in [-0.25, -0.2) is 4.79 Å². The maximum Gasteiger partial charge on any atom is 0.518 e. The first-order chi connectivity index (χ1) is 7.27. The third-order valence-electron chi connectivity index (χ3n) is 1.95. The summed E-state index contributed by atoms with van der Waals surface area (Å²) in [7, 11) is 0. The second kappa shape index (κ2) is 4.23. The number of benzene rings is 2. The van der Waals surface area contributed by atoms with Gasteiger partial charge in [-0.1, -0.05) is 36.4 Å². The summed E-state index contributed by atoms with van der Waals surface area (Å²) in [5.41, 5.74) is 0. The SMILES string of the molecule is O=C(O)OSc1cccc2ccccc12. The van der Waals surface area contributed by atoms with E-state index in [0.29, 0.717) is 0 Å². The van der Waals surface area contributed by atoms with Crippen molar-refractivity contribution in [1.29, 1.82) is 0 Å². The molecule has 0 heterocycles. The van der Waals surface area contributed by atoms with Crippen molar-refractivity contribution in [2.75, 3.05) is 0 Å². The average Bonchev–Trinajstić information content (AvgIpc) is 2.26. The van der Waals surface area contributed by atoms with Gasteiger partial charge in [0, 0.05) is 0 Å². The number of hydrogen-bond acceptors (Lipinski definition) is 3. The summed E-state index contributed by atoms with van der Waals surface area (Å²) in [4.78, 5) is 11.1. The van der Waals surface area contributed by atoms with Gasteiger partial charge in [0.05, 0.1) is 4.90 Å². The lowest BCUT2D eigenvalue weighted by Crippen LogP contribution is -1.91. The first kappa shape index (κ1) is 9.86. The highest BCUT2D eigenvalue weighted by molar-refractivity contribution is 7.95. The Hall–Kier alpha value is -1.68. The molecule has 4 heteroatoms. The minimum absolute atomic E-state index is 0.801. The fraction of sp³-hybridized carbons (Fsp3) is 0. The van der Waals surface area contributed by atoms with Crippen molar-refractivity contribution in [3.05, 3.63) is 42.5 Å². The Balaban J connectivity index is 2.38. The summed E-state index contributed by atoms with van der Waals surface area (Å²) in [5.74, 6) is 0. The third-order valence-corrected chi connectivity index (χ3v) is 2.71. The van der Waals surface area contributed by atoms with Crippen molar-refractivity contribution in [3.63, 3.8) is 0 Å². The van der Waals surface area contributed by atoms with Gasteiger partial charge in [0.1, 0.15) is 12.0 Å². The summed E-state index contributed by atoms with van der Waals surface area (Å²) >= 11 is 0.858. The minimum Gasteiger partial charge on any atom is -0.449 e. The van der Waals surface area contributed by atoms with Gasteiger partial charge < -0.3 is 9.29 Å². The number of carboxylic acid groups (broad SMARTS) is 1. The molecule has 0 aliphatic heterocycles. The molecule has 0 bridgehead atoms. The highest BCUT2D eigenvalue weighted by Gasteiger charge is 2.04. The fourth-order valence-electron chi connectivity index (χ4n) is 1.35. The van der Waals surface area contributed by atoms with E-state index in [1.165, 1.54) is 0 Å². The Morgan fingerprint density at radius 2 is 1.87 bits per heavy atom. The van der Waals surface area contributed by atoms with E-state index in [1.54, 1.807) is 0 Å². The van der Waals surface area contributed by atoms with E-state index in [2.05, 4.69) is 4.18 Å². The molecule has 0 radical (unpaired) electrons. The van der Waals surface area contributed by atoms with Crippen LogP contribution in [0.2, 0.25) is 0 Å². The summed E-state index contributed by atoms with van der Waals surface area (Å²) in [6.45, 7) is 0. The Bertz CT molecular complexity index is 491. The van der Waals surface area contributed by atoms with E-state index >= 15 is 0 Å². The molecule has 3 nitrogen and oxygen atoms in total. The van der Waals surface area contributed by atoms with Crippen LogP contribution in [-0.4, -0.2) is 11.3 Å². The van der Waals surface area contributed by atoms with Gasteiger partial charge in [-0.15, -0.1) is 0 Å². The van der Waals surface area contributed by atoms with E-state index in [9.17, 15) is 4.79 Å². The van der Waals surface area contributed by atoms with Crippen molar-refractivity contribution in [3.8, 4) is 0 Å². The van der Waals surface area contributed by atoms with Crippen LogP contribution in [0.5, 0.6) is 0 Å². The van der Waals surface area contributed by atoms with E-state index in [4.69, 9.17) is 5.11 Å². The quantitative estimate of drug-likeness (QED) is 0.786. The average molecular weight is 220 g/mol. The molecule has 0 unspecified atom stereocenters. The summed E-state index contributed by atoms with van der Waals surface area (Å²) in [6, 6.07) is 13.4. The van der Waals surface area contributed by atoms with Crippen LogP contribution >= 0.6 is 12.0 Å². The van der Waals surface area contributed by atoms with Crippen molar-refractivity contribution in [1.82, 2.24) is 0 Å². The molecule has 0 saturated heterocycles. The van der Waals surface area contributed by atoms with E-state index in [1.807, 2.05) is 42.5 Å². The third kappa shape index (κ3) is 2.22. The molecule has 0 fully saturated rings. The lowest BCUT2D eigenvalue weighted by molar-refractivity contribution is 0.153. The molecular formula is C11H8O3S. The lowest BCUT2D eigenvalue weighted by Gasteiger charge is -2.03. The second-order valence-corrected chi connectivity index (χ2v) is 3.68. The monoisotopic (exact) mass is 220 g/mol. The van der Waals surface area contributed by atoms with Crippen molar-refractivity contribution >= 4 is 29.0 Å². The van der Waals surface area contributed by atoms with E-state index in [0.717, 1.165) is 27.7 Å². The van der Waals surface area contributed by atoms with Gasteiger partial charge >= 0.3 is 6.16 Å². The van der Waals surface area contributed by atoms with E-state index < -0.39 is 6.16 Å². The Kier molecular flexibility index (Phi) is 2.78. The number of fused-ring (bicyclic) bond motifs is 1. The molecular weight excluding hydrogens is 212 g/mol. The Morgan fingerprint density at radius 3 is 2.67 bits per heavy atom. The highest BCUT2D eigenvalue weighted by atomic mass is 32.2. The molecule has 0 aliphatic rings. The van der Waals surface area contributed by atoms with Crippen LogP contribution in [0.4, 0.5) is 4.79 Å². The molecule has 0 amide bonds. The highest BCUT2D eigenvalue weighted by Crippen LogP contribution is 2.28. The first-order valence-electron chi connectivity index (χ1n) is 4.32. The normalized spacial score (nSPS) is 10.1. The maximum absolute atomic E-state index is 10.3. The van der Waals surface area contributed by atoms with Crippen LogP contribution in [0.3, 0.4) is 0 Å². The molecule has 2 aromatic carbocycles. The molecule has 1 N–H and O–H groups in total. The smallest absolute Gasteiger partial charge is 0.449 e. The van der Waals surface area contributed by atoms with Crippen molar-refractivity contribution < 1.29 is 14.1 Å². The Morgan fingerprint density at radius 1 is 1.13 bits per heavy atom. The second-order valence-electron chi connectivity index (χ2n) is 2.91. The topological polar surface area (TPSA) is 46.5 Å². The summed E-state index contributed by atoms with van der Waals surface area (Å²) in [6.07, 6.45) is -1.28. The van der Waals surface area contributed by atoms with Crippen molar-refractivity contribution in [2.45, 2.75) is 4.90 Å². The standard InChI is InChI=1S/C11H8O3S/c12-11(13)14-15-10-7-3-5-8-4-1-2-6-9(8)10/h1-7H,(H,12,13). The van der Waals surface area contributed by atoms with Crippen LogP contribution in [-0.2, 0) is 4.18 Å². The first-order valence-corrected chi connectivity index (χ1v) is 5.07. The van der Waals surface area contributed by atoms with Crippen LogP contribution in [0, 0.1) is 0 Å². The van der Waals surface area contributed by atoms with Crippen molar-refractivity contribution in [2.24, 2.45) is 0 Å². The maximum atomic E-state index is 10.3. The van der Waals surface area contributed by atoms with E-state index in [-0.39, 0.29) is 0 Å². The number of rotatable bonds is 2. The van der Waals surface area contributed by atoms with Gasteiger partial charge in [0.25, 0.3) is 0 Å². The largest absolute Gasteiger partial charge is 0.518 e. The van der Waals surface area contributed by atoms with Gasteiger partial charge in [0.2, 0.25) is 0 Å². The predicted molar refractivity (Wildman–Crippen MR) is 58.9 cm³/mol. The molecule has 76 valence electrons. The summed E-state index contributed by atoms with van der Waals surface area (Å²) < 4.78 is 4.47. The van der Waals surface area contributed by atoms with Crippen LogP contribution < -0.4 is 0 Å². The van der Waals surface area contributed by atoms with Crippen LogP contribution in [0.15, 0.2) is 47.4 Å². The zero-order valence-electron chi connectivity index (χ0n) is 7.71. The van der Waals surface area contributed by atoms with Crippen LogP contribution in [0.25, 0.3) is 10.8 Å².